The normalized spacial score (nSPS) is 11.9. The number of likely N-dealkylation sites (N-methyl/N-ethyl adjacent to an activating group) is 1. The summed E-state index contributed by atoms with van der Waals surface area (Å²) in [6.07, 6.45) is 3.71. The van der Waals surface area contributed by atoms with Gasteiger partial charge in [-0.3, -0.25) is 9.48 Å². The third-order valence-corrected chi connectivity index (χ3v) is 3.41. The molecule has 0 aliphatic carbocycles. The van der Waals surface area contributed by atoms with E-state index in [1.54, 1.807) is 17.9 Å². The van der Waals surface area contributed by atoms with E-state index in [-0.39, 0.29) is 24.4 Å². The van der Waals surface area contributed by atoms with Crippen LogP contribution in [0.4, 0.5) is 5.69 Å². The van der Waals surface area contributed by atoms with Gasteiger partial charge in [0.15, 0.2) is 0 Å². The number of hydrogen-bond donors (Lipinski definition) is 2. The second kappa shape index (κ2) is 9.42. The maximum Gasteiger partial charge on any atom is 0.246 e. The Bertz CT molecular complexity index is 640. The quantitative estimate of drug-likeness (QED) is 0.803. The fourth-order valence-electron chi connectivity index (χ4n) is 2.20. The molecule has 0 saturated heterocycles. The molecule has 2 N–H and O–H groups in total. The molecule has 6 nitrogen and oxygen atoms in total. The van der Waals surface area contributed by atoms with Gasteiger partial charge >= 0.3 is 0 Å². The predicted molar refractivity (Wildman–Crippen MR) is 97.3 cm³/mol. The van der Waals surface area contributed by atoms with E-state index >= 15 is 0 Å². The molecule has 2 aromatic rings. The van der Waals surface area contributed by atoms with E-state index in [4.69, 9.17) is 4.74 Å². The molecule has 0 saturated carbocycles. The van der Waals surface area contributed by atoms with Crippen molar-refractivity contribution in [3.8, 4) is 0 Å². The second-order valence-electron chi connectivity index (χ2n) is 5.71. The number of hydrogen-bond acceptors (Lipinski definition) is 4. The zero-order valence-corrected chi connectivity index (χ0v) is 15.3. The summed E-state index contributed by atoms with van der Waals surface area (Å²) in [5.41, 5.74) is 2.66. The van der Waals surface area contributed by atoms with E-state index in [1.807, 2.05) is 51.4 Å². The smallest absolute Gasteiger partial charge is 0.246 e. The Morgan fingerprint density at radius 2 is 1.96 bits per heavy atom. The molecule has 24 heavy (non-hydrogen) atoms. The summed E-state index contributed by atoms with van der Waals surface area (Å²) in [4.78, 5) is 12.4. The molecule has 0 fully saturated rings. The number of carbonyl (C=O) groups is 1. The highest BCUT2D eigenvalue weighted by atomic mass is 35.5. The van der Waals surface area contributed by atoms with Crippen LogP contribution in [0.2, 0.25) is 0 Å². The fraction of sp³-hybridized carbons (Fsp3) is 0.412. The first-order valence-corrected chi connectivity index (χ1v) is 7.67. The van der Waals surface area contributed by atoms with Crippen LogP contribution in [-0.2, 0) is 23.2 Å². The van der Waals surface area contributed by atoms with Crippen molar-refractivity contribution >= 4 is 24.0 Å². The fourth-order valence-corrected chi connectivity index (χ4v) is 2.20. The van der Waals surface area contributed by atoms with Gasteiger partial charge < -0.3 is 15.4 Å². The first kappa shape index (κ1) is 20.2. The Labute approximate surface area is 149 Å². The van der Waals surface area contributed by atoms with E-state index in [0.717, 1.165) is 16.8 Å². The molecular formula is C17H25ClN4O2. The molecule has 0 spiro atoms. The molecular weight excluding hydrogens is 328 g/mol. The minimum absolute atomic E-state index is 0. The van der Waals surface area contributed by atoms with Crippen molar-refractivity contribution in [2.24, 2.45) is 7.05 Å². The Morgan fingerprint density at radius 3 is 2.46 bits per heavy atom. The van der Waals surface area contributed by atoms with Gasteiger partial charge in [-0.15, -0.1) is 12.4 Å². The lowest BCUT2D eigenvalue weighted by atomic mass is 10.1. The molecule has 1 unspecified atom stereocenters. The first-order chi connectivity index (χ1) is 11.0. The van der Waals surface area contributed by atoms with Gasteiger partial charge in [-0.1, -0.05) is 12.1 Å². The van der Waals surface area contributed by atoms with Crippen LogP contribution in [0, 0.1) is 0 Å². The number of halogens is 1. The highest BCUT2D eigenvalue weighted by Crippen LogP contribution is 2.16. The number of nitrogens with zero attached hydrogens (tertiary/aromatic N) is 2. The van der Waals surface area contributed by atoms with E-state index in [0.29, 0.717) is 6.61 Å². The topological polar surface area (TPSA) is 68.2 Å². The Kier molecular flexibility index (Phi) is 7.91. The predicted octanol–water partition coefficient (Wildman–Crippen LogP) is 2.67. The molecule has 1 aromatic carbocycles. The lowest BCUT2D eigenvalue weighted by molar-refractivity contribution is -0.118. The van der Waals surface area contributed by atoms with Gasteiger partial charge in [-0.25, -0.2) is 0 Å². The van der Waals surface area contributed by atoms with Crippen LogP contribution < -0.4 is 10.6 Å². The monoisotopic (exact) mass is 352 g/mol. The number of aromatic nitrogens is 2. The maximum atomic E-state index is 12.4. The molecule has 1 aromatic heterocycles. The van der Waals surface area contributed by atoms with Crippen LogP contribution in [0.5, 0.6) is 0 Å². The summed E-state index contributed by atoms with van der Waals surface area (Å²) < 4.78 is 7.24. The van der Waals surface area contributed by atoms with Crippen LogP contribution in [0.1, 0.15) is 31.0 Å². The van der Waals surface area contributed by atoms with Gasteiger partial charge in [0.2, 0.25) is 5.91 Å². The van der Waals surface area contributed by atoms with Gasteiger partial charge in [0, 0.05) is 24.5 Å². The van der Waals surface area contributed by atoms with E-state index in [1.165, 1.54) is 0 Å². The Morgan fingerprint density at radius 1 is 1.29 bits per heavy atom. The molecule has 7 heteroatoms. The molecule has 1 amide bonds. The number of amides is 1. The average Bonchev–Trinajstić information content (AvgIpc) is 2.93. The highest BCUT2D eigenvalue weighted by Gasteiger charge is 2.20. The van der Waals surface area contributed by atoms with Crippen LogP contribution >= 0.6 is 12.4 Å². The van der Waals surface area contributed by atoms with E-state index in [2.05, 4.69) is 15.7 Å². The summed E-state index contributed by atoms with van der Waals surface area (Å²) >= 11 is 0. The number of aryl methyl sites for hydroxylation is 1. The van der Waals surface area contributed by atoms with Crippen molar-refractivity contribution in [1.82, 2.24) is 15.1 Å². The number of rotatable bonds is 7. The third kappa shape index (κ3) is 5.63. The standard InChI is InChI=1S/C17H24N4O2.ClH/c1-12(2)23-11-13-5-7-15(8-6-13)20-17(22)16(18-3)14-9-19-21(4)10-14;/h5-10,12,16,18H,11H2,1-4H3,(H,20,22);1H. The summed E-state index contributed by atoms with van der Waals surface area (Å²) in [7, 11) is 3.58. The van der Waals surface area contributed by atoms with Gasteiger partial charge in [0.05, 0.1) is 18.9 Å². The molecule has 1 atom stereocenters. The molecule has 0 bridgehead atoms. The molecule has 2 rings (SSSR count). The molecule has 0 aliphatic rings. The van der Waals surface area contributed by atoms with E-state index in [9.17, 15) is 4.79 Å². The lowest BCUT2D eigenvalue weighted by Gasteiger charge is -2.15. The van der Waals surface area contributed by atoms with E-state index < -0.39 is 6.04 Å². The Hall–Kier alpha value is -1.89. The van der Waals surface area contributed by atoms with Crippen molar-refractivity contribution in [3.05, 3.63) is 47.8 Å². The summed E-state index contributed by atoms with van der Waals surface area (Å²) in [6.45, 7) is 4.58. The lowest BCUT2D eigenvalue weighted by Crippen LogP contribution is -2.30. The summed E-state index contributed by atoms with van der Waals surface area (Å²) in [5.74, 6) is -0.119. The van der Waals surface area contributed by atoms with Crippen molar-refractivity contribution in [3.63, 3.8) is 0 Å². The SMILES string of the molecule is CNC(C(=O)Nc1ccc(COC(C)C)cc1)c1cnn(C)c1.Cl. The maximum absolute atomic E-state index is 12.4. The minimum Gasteiger partial charge on any atom is -0.374 e. The molecule has 1 heterocycles. The third-order valence-electron chi connectivity index (χ3n) is 3.41. The van der Waals surface area contributed by atoms with Crippen molar-refractivity contribution in [2.75, 3.05) is 12.4 Å². The van der Waals surface area contributed by atoms with Crippen LogP contribution in [0.3, 0.4) is 0 Å². The number of benzene rings is 1. The summed E-state index contributed by atoms with van der Waals surface area (Å²) in [6, 6.07) is 7.24. The van der Waals surface area contributed by atoms with Crippen LogP contribution in [0.25, 0.3) is 0 Å². The van der Waals surface area contributed by atoms with Crippen molar-refractivity contribution < 1.29 is 9.53 Å². The van der Waals surface area contributed by atoms with Gasteiger partial charge in [0.25, 0.3) is 0 Å². The Balaban J connectivity index is 0.00000288. The summed E-state index contributed by atoms with van der Waals surface area (Å²) in [5, 5.41) is 10.0. The van der Waals surface area contributed by atoms with Crippen LogP contribution in [-0.4, -0.2) is 28.8 Å². The van der Waals surface area contributed by atoms with Gasteiger partial charge in [0.1, 0.15) is 6.04 Å². The number of carbonyl (C=O) groups excluding carboxylic acids is 1. The molecule has 0 radical (unpaired) electrons. The zero-order chi connectivity index (χ0) is 16.8. The minimum atomic E-state index is -0.437. The molecule has 0 aliphatic heterocycles. The number of ether oxygens (including phenoxy) is 1. The largest absolute Gasteiger partial charge is 0.374 e. The van der Waals surface area contributed by atoms with Crippen LogP contribution in [0.15, 0.2) is 36.7 Å². The van der Waals surface area contributed by atoms with Gasteiger partial charge in [-0.2, -0.15) is 5.10 Å². The zero-order valence-electron chi connectivity index (χ0n) is 14.4. The second-order valence-corrected chi connectivity index (χ2v) is 5.71. The molecule has 132 valence electrons. The van der Waals surface area contributed by atoms with Crippen molar-refractivity contribution in [1.29, 1.82) is 0 Å². The van der Waals surface area contributed by atoms with Gasteiger partial charge in [-0.05, 0) is 38.6 Å². The number of anilines is 1. The average molecular weight is 353 g/mol. The number of nitrogens with one attached hydrogen (secondary N) is 2. The van der Waals surface area contributed by atoms with Crippen molar-refractivity contribution in [2.45, 2.75) is 32.6 Å². The highest BCUT2D eigenvalue weighted by molar-refractivity contribution is 5.95. The first-order valence-electron chi connectivity index (χ1n) is 7.67.